The van der Waals surface area contributed by atoms with Crippen LogP contribution in [0.1, 0.15) is 11.1 Å². The fraction of sp³-hybridized carbons (Fsp3) is 0.214. The first-order valence-electron chi connectivity index (χ1n) is 5.87. The van der Waals surface area contributed by atoms with Crippen LogP contribution >= 0.6 is 0 Å². The van der Waals surface area contributed by atoms with Gasteiger partial charge in [0.1, 0.15) is 5.75 Å². The number of hydrogen-bond donors (Lipinski definition) is 1. The van der Waals surface area contributed by atoms with Gasteiger partial charge in [0.05, 0.1) is 0 Å². The molecule has 1 N–H and O–H groups in total. The first-order chi connectivity index (χ1) is 9.24. The van der Waals surface area contributed by atoms with Crippen LogP contribution in [0.3, 0.4) is 0 Å². The third kappa shape index (κ3) is 4.63. The van der Waals surface area contributed by atoms with Crippen molar-refractivity contribution in [2.75, 3.05) is 0 Å². The quantitative estimate of drug-likeness (QED) is 0.871. The Bertz CT molecular complexity index is 489. The van der Waals surface area contributed by atoms with Crippen LogP contribution in [0.4, 0.5) is 8.78 Å². The zero-order chi connectivity index (χ0) is 13.5. The molecule has 0 atom stereocenters. The fourth-order valence-electron chi connectivity index (χ4n) is 1.64. The lowest BCUT2D eigenvalue weighted by Crippen LogP contribution is -2.12. The lowest BCUT2D eigenvalue weighted by atomic mass is 10.2. The molecule has 1 aromatic heterocycles. The lowest BCUT2D eigenvalue weighted by molar-refractivity contribution is -0.0498. The second kappa shape index (κ2) is 6.80. The van der Waals surface area contributed by atoms with Crippen LogP contribution in [0.5, 0.6) is 5.75 Å². The summed E-state index contributed by atoms with van der Waals surface area (Å²) in [5.41, 5.74) is 2.16. The Kier molecular flexibility index (Phi) is 4.80. The summed E-state index contributed by atoms with van der Waals surface area (Å²) in [5, 5.41) is 3.26. The molecule has 3 nitrogen and oxygen atoms in total. The van der Waals surface area contributed by atoms with E-state index in [0.717, 1.165) is 17.7 Å². The van der Waals surface area contributed by atoms with Gasteiger partial charge in [-0.05, 0) is 35.4 Å². The second-order valence-corrected chi connectivity index (χ2v) is 3.98. The summed E-state index contributed by atoms with van der Waals surface area (Å²) in [7, 11) is 0. The van der Waals surface area contributed by atoms with Crippen molar-refractivity contribution in [1.82, 2.24) is 10.3 Å². The molecule has 0 radical (unpaired) electrons. The molecule has 0 aliphatic carbocycles. The van der Waals surface area contributed by atoms with Gasteiger partial charge < -0.3 is 10.1 Å². The monoisotopic (exact) mass is 264 g/mol. The van der Waals surface area contributed by atoms with E-state index in [1.165, 1.54) is 12.1 Å². The number of nitrogens with one attached hydrogen (secondary N) is 1. The smallest absolute Gasteiger partial charge is 0.387 e. The van der Waals surface area contributed by atoms with Crippen molar-refractivity contribution >= 4 is 0 Å². The molecule has 0 bridgehead atoms. The second-order valence-electron chi connectivity index (χ2n) is 3.98. The van der Waals surface area contributed by atoms with Gasteiger partial charge in [0.2, 0.25) is 0 Å². The zero-order valence-electron chi connectivity index (χ0n) is 10.2. The molecular weight excluding hydrogens is 250 g/mol. The summed E-state index contributed by atoms with van der Waals surface area (Å²) < 4.78 is 28.2. The topological polar surface area (TPSA) is 34.1 Å². The maximum atomic E-state index is 12.0. The third-order valence-corrected chi connectivity index (χ3v) is 2.56. The number of benzene rings is 1. The summed E-state index contributed by atoms with van der Waals surface area (Å²) >= 11 is 0. The Labute approximate surface area is 110 Å². The predicted molar refractivity (Wildman–Crippen MR) is 67.9 cm³/mol. The Hall–Kier alpha value is -2.01. The summed E-state index contributed by atoms with van der Waals surface area (Å²) in [6, 6.07) is 10.5. The van der Waals surface area contributed by atoms with E-state index in [4.69, 9.17) is 0 Å². The Morgan fingerprint density at radius 1 is 0.947 bits per heavy atom. The number of nitrogens with zero attached hydrogens (tertiary/aromatic N) is 1. The number of ether oxygens (including phenoxy) is 1. The van der Waals surface area contributed by atoms with Crippen LogP contribution in [0.25, 0.3) is 0 Å². The van der Waals surface area contributed by atoms with Crippen LogP contribution < -0.4 is 10.1 Å². The van der Waals surface area contributed by atoms with Gasteiger partial charge in [-0.3, -0.25) is 4.98 Å². The number of pyridine rings is 1. The highest BCUT2D eigenvalue weighted by Crippen LogP contribution is 2.14. The van der Waals surface area contributed by atoms with E-state index in [2.05, 4.69) is 15.0 Å². The average Bonchev–Trinajstić information content (AvgIpc) is 2.41. The molecule has 1 heterocycles. The van der Waals surface area contributed by atoms with E-state index in [1.807, 2.05) is 12.1 Å². The minimum Gasteiger partial charge on any atom is -0.435 e. The van der Waals surface area contributed by atoms with Gasteiger partial charge in [-0.25, -0.2) is 0 Å². The van der Waals surface area contributed by atoms with Crippen molar-refractivity contribution in [2.24, 2.45) is 0 Å². The van der Waals surface area contributed by atoms with Crippen molar-refractivity contribution in [3.05, 3.63) is 59.9 Å². The molecule has 1 aromatic carbocycles. The largest absolute Gasteiger partial charge is 0.435 e. The first-order valence-corrected chi connectivity index (χ1v) is 5.87. The van der Waals surface area contributed by atoms with E-state index < -0.39 is 6.61 Å². The van der Waals surface area contributed by atoms with Gasteiger partial charge in [0.25, 0.3) is 0 Å². The molecule has 5 heteroatoms. The maximum Gasteiger partial charge on any atom is 0.387 e. The molecule has 0 aliphatic rings. The highest BCUT2D eigenvalue weighted by atomic mass is 19.3. The summed E-state index contributed by atoms with van der Waals surface area (Å²) in [5.74, 6) is 0.174. The Morgan fingerprint density at radius 2 is 1.53 bits per heavy atom. The van der Waals surface area contributed by atoms with Crippen LogP contribution in [-0.4, -0.2) is 11.6 Å². The highest BCUT2D eigenvalue weighted by molar-refractivity contribution is 5.27. The van der Waals surface area contributed by atoms with Gasteiger partial charge >= 0.3 is 6.61 Å². The lowest BCUT2D eigenvalue weighted by Gasteiger charge is -2.07. The Balaban J connectivity index is 1.80. The van der Waals surface area contributed by atoms with Crippen molar-refractivity contribution in [1.29, 1.82) is 0 Å². The first kappa shape index (κ1) is 13.4. The zero-order valence-corrected chi connectivity index (χ0v) is 10.2. The molecule has 2 rings (SSSR count). The van der Waals surface area contributed by atoms with Crippen molar-refractivity contribution in [2.45, 2.75) is 19.7 Å². The molecule has 19 heavy (non-hydrogen) atoms. The standard InChI is InChI=1S/C14H14F2N2O/c15-14(16)19-13-3-1-11(2-4-13)9-18-10-12-5-7-17-8-6-12/h1-8,14,18H,9-10H2. The van der Waals surface area contributed by atoms with Crippen LogP contribution in [0.2, 0.25) is 0 Å². The maximum absolute atomic E-state index is 12.0. The number of halogens is 2. The number of aromatic nitrogens is 1. The van der Waals surface area contributed by atoms with E-state index in [1.54, 1.807) is 24.5 Å². The predicted octanol–water partition coefficient (Wildman–Crippen LogP) is 2.97. The van der Waals surface area contributed by atoms with E-state index in [9.17, 15) is 8.78 Å². The molecule has 0 fully saturated rings. The molecule has 2 aromatic rings. The van der Waals surface area contributed by atoms with Gasteiger partial charge in [-0.2, -0.15) is 8.78 Å². The molecular formula is C14H14F2N2O. The van der Waals surface area contributed by atoms with E-state index in [0.29, 0.717) is 6.54 Å². The molecule has 0 spiro atoms. The van der Waals surface area contributed by atoms with Crippen LogP contribution in [0.15, 0.2) is 48.8 Å². The van der Waals surface area contributed by atoms with Gasteiger partial charge in [0.15, 0.2) is 0 Å². The molecule has 0 saturated heterocycles. The summed E-state index contributed by atoms with van der Waals surface area (Å²) in [6.07, 6.45) is 3.49. The Morgan fingerprint density at radius 3 is 2.11 bits per heavy atom. The SMILES string of the molecule is FC(F)Oc1ccc(CNCc2ccncc2)cc1. The summed E-state index contributed by atoms with van der Waals surface area (Å²) in [6.45, 7) is -1.38. The van der Waals surface area contributed by atoms with E-state index >= 15 is 0 Å². The normalized spacial score (nSPS) is 10.7. The van der Waals surface area contributed by atoms with Gasteiger partial charge in [-0.1, -0.05) is 12.1 Å². The molecule has 0 saturated carbocycles. The number of rotatable bonds is 6. The average molecular weight is 264 g/mol. The fourth-order valence-corrected chi connectivity index (χ4v) is 1.64. The highest BCUT2D eigenvalue weighted by Gasteiger charge is 2.03. The van der Waals surface area contributed by atoms with Crippen molar-refractivity contribution < 1.29 is 13.5 Å². The van der Waals surface area contributed by atoms with Crippen molar-refractivity contribution in [3.8, 4) is 5.75 Å². The minimum absolute atomic E-state index is 0.174. The van der Waals surface area contributed by atoms with Crippen LogP contribution in [-0.2, 0) is 13.1 Å². The molecule has 0 amide bonds. The number of hydrogen-bond acceptors (Lipinski definition) is 3. The minimum atomic E-state index is -2.78. The molecule has 0 unspecified atom stereocenters. The third-order valence-electron chi connectivity index (χ3n) is 2.56. The van der Waals surface area contributed by atoms with E-state index in [-0.39, 0.29) is 5.75 Å². The van der Waals surface area contributed by atoms with Gasteiger partial charge in [-0.15, -0.1) is 0 Å². The van der Waals surface area contributed by atoms with Crippen LogP contribution in [0, 0.1) is 0 Å². The summed E-state index contributed by atoms with van der Waals surface area (Å²) in [4.78, 5) is 3.94. The number of alkyl halides is 2. The molecule has 0 aliphatic heterocycles. The van der Waals surface area contributed by atoms with Gasteiger partial charge in [0, 0.05) is 25.5 Å². The van der Waals surface area contributed by atoms with Crippen molar-refractivity contribution in [3.63, 3.8) is 0 Å². The molecule has 100 valence electrons.